The number of carbonyl (C=O) groups excluding carboxylic acids is 1. The molecule has 3 nitrogen and oxygen atoms in total. The number of hydrogen-bond acceptors (Lipinski definition) is 2. The molecule has 1 aromatic rings. The van der Waals surface area contributed by atoms with Gasteiger partial charge in [-0.05, 0) is 43.5 Å². The van der Waals surface area contributed by atoms with Crippen molar-refractivity contribution in [3.8, 4) is 0 Å². The zero-order valence-corrected chi connectivity index (χ0v) is 15.2. The highest BCUT2D eigenvalue weighted by molar-refractivity contribution is 5.76. The van der Waals surface area contributed by atoms with Gasteiger partial charge >= 0.3 is 0 Å². The molecule has 2 fully saturated rings. The average Bonchev–Trinajstić information content (AvgIpc) is 2.99. The number of likely N-dealkylation sites (tertiary alicyclic amines) is 1. The second-order valence-corrected chi connectivity index (χ2v) is 8.03. The number of benzene rings is 1. The van der Waals surface area contributed by atoms with E-state index in [0.717, 1.165) is 25.9 Å². The van der Waals surface area contributed by atoms with Crippen LogP contribution >= 0.6 is 0 Å². The van der Waals surface area contributed by atoms with Crippen LogP contribution in [0.4, 0.5) is 8.78 Å². The first-order valence-corrected chi connectivity index (χ1v) is 9.35. The quantitative estimate of drug-likeness (QED) is 0.844. The summed E-state index contributed by atoms with van der Waals surface area (Å²) in [5, 5.41) is 2.87. The molecule has 1 N–H and O–H groups in total. The van der Waals surface area contributed by atoms with Gasteiger partial charge in [-0.3, -0.25) is 9.69 Å². The Morgan fingerprint density at radius 2 is 2.00 bits per heavy atom. The van der Waals surface area contributed by atoms with Crippen molar-refractivity contribution in [3.05, 3.63) is 35.1 Å². The average molecular weight is 350 g/mol. The van der Waals surface area contributed by atoms with E-state index in [4.69, 9.17) is 0 Å². The number of nitrogens with one attached hydrogen (secondary N) is 1. The zero-order chi connectivity index (χ0) is 18.0. The third-order valence-corrected chi connectivity index (χ3v) is 5.26. The lowest BCUT2D eigenvalue weighted by Gasteiger charge is -2.42. The molecule has 0 bridgehead atoms. The van der Waals surface area contributed by atoms with E-state index in [-0.39, 0.29) is 36.5 Å². The summed E-state index contributed by atoms with van der Waals surface area (Å²) in [4.78, 5) is 14.0. The highest BCUT2D eigenvalue weighted by Crippen LogP contribution is 2.45. The normalized spacial score (nSPS) is 26.7. The summed E-state index contributed by atoms with van der Waals surface area (Å²) in [5.41, 5.74) is -0.497. The number of carbonyl (C=O) groups is 1. The van der Waals surface area contributed by atoms with Crippen LogP contribution in [0.2, 0.25) is 0 Å². The Bertz CT molecular complexity index is 620. The summed E-state index contributed by atoms with van der Waals surface area (Å²) < 4.78 is 29.4. The molecule has 2 aliphatic rings. The van der Waals surface area contributed by atoms with Crippen LogP contribution in [-0.4, -0.2) is 29.9 Å². The van der Waals surface area contributed by atoms with E-state index in [0.29, 0.717) is 24.1 Å². The molecule has 0 aromatic heterocycles. The highest BCUT2D eigenvalue weighted by atomic mass is 19.1. The molecule has 0 spiro atoms. The fourth-order valence-corrected chi connectivity index (χ4v) is 3.85. The number of alkyl halides is 1. The van der Waals surface area contributed by atoms with Crippen LogP contribution in [0.15, 0.2) is 18.2 Å². The van der Waals surface area contributed by atoms with Gasteiger partial charge in [-0.15, -0.1) is 0 Å². The molecule has 25 heavy (non-hydrogen) atoms. The Kier molecular flexibility index (Phi) is 5.42. The maximum Gasteiger partial charge on any atom is 0.220 e. The minimum Gasteiger partial charge on any atom is -0.353 e. The minimum absolute atomic E-state index is 0.0332. The third-order valence-electron chi connectivity index (χ3n) is 5.26. The molecule has 0 unspecified atom stereocenters. The van der Waals surface area contributed by atoms with Gasteiger partial charge in [-0.2, -0.15) is 0 Å². The van der Waals surface area contributed by atoms with E-state index >= 15 is 0 Å². The fourth-order valence-electron chi connectivity index (χ4n) is 3.85. The number of rotatable bonds is 6. The smallest absolute Gasteiger partial charge is 0.220 e. The van der Waals surface area contributed by atoms with Crippen LogP contribution in [0.3, 0.4) is 0 Å². The molecule has 0 radical (unpaired) electrons. The van der Waals surface area contributed by atoms with Crippen LogP contribution in [0.1, 0.15) is 57.1 Å². The Hall–Kier alpha value is -1.49. The van der Waals surface area contributed by atoms with Gasteiger partial charge < -0.3 is 5.32 Å². The molecule has 3 rings (SSSR count). The lowest BCUT2D eigenvalue weighted by Crippen LogP contribution is -2.51. The van der Waals surface area contributed by atoms with Crippen LogP contribution in [0, 0.1) is 11.7 Å². The molecular weight excluding hydrogens is 322 g/mol. The Morgan fingerprint density at radius 1 is 1.32 bits per heavy atom. The van der Waals surface area contributed by atoms with Crippen molar-refractivity contribution in [1.82, 2.24) is 10.2 Å². The third kappa shape index (κ3) is 4.38. The monoisotopic (exact) mass is 350 g/mol. The topological polar surface area (TPSA) is 32.3 Å². The molecule has 0 atom stereocenters. The number of hydrogen-bond donors (Lipinski definition) is 1. The van der Waals surface area contributed by atoms with E-state index in [1.165, 1.54) is 6.07 Å². The van der Waals surface area contributed by atoms with Crippen LogP contribution in [-0.2, 0) is 17.0 Å². The summed E-state index contributed by atoms with van der Waals surface area (Å²) in [6, 6.07) is 4.62. The van der Waals surface area contributed by atoms with Crippen molar-refractivity contribution in [2.24, 2.45) is 5.92 Å². The molecule has 1 aromatic carbocycles. The summed E-state index contributed by atoms with van der Waals surface area (Å²) in [7, 11) is 0. The molecule has 1 heterocycles. The molecule has 1 aliphatic carbocycles. The van der Waals surface area contributed by atoms with Crippen molar-refractivity contribution in [1.29, 1.82) is 0 Å². The van der Waals surface area contributed by atoms with Crippen molar-refractivity contribution in [2.75, 3.05) is 13.1 Å². The summed E-state index contributed by atoms with van der Waals surface area (Å²) in [6.45, 7) is 6.57. The molecule has 1 amide bonds. The van der Waals surface area contributed by atoms with Gasteiger partial charge in [0.15, 0.2) is 0 Å². The number of amides is 1. The van der Waals surface area contributed by atoms with Crippen molar-refractivity contribution in [2.45, 2.75) is 64.2 Å². The molecule has 1 aliphatic heterocycles. The standard InChI is InChI=1S/C20H28F2N2O/c1-14(2)9-19(25)23-17-11-20(22,12-17)16-6-5-15(18(21)10-16)13-24-7-3-4-8-24/h5-6,10,14,17H,3-4,7-9,11-13H2,1-2H3,(H,23,25). The Labute approximate surface area is 148 Å². The second kappa shape index (κ2) is 7.40. The van der Waals surface area contributed by atoms with E-state index in [1.807, 2.05) is 13.8 Å². The molecule has 138 valence electrons. The van der Waals surface area contributed by atoms with E-state index in [9.17, 15) is 13.6 Å². The van der Waals surface area contributed by atoms with Gasteiger partial charge in [0.05, 0.1) is 0 Å². The second-order valence-electron chi connectivity index (χ2n) is 8.03. The Balaban J connectivity index is 1.57. The first kappa shape index (κ1) is 18.3. The summed E-state index contributed by atoms with van der Waals surface area (Å²) in [6.07, 6.45) is 3.23. The van der Waals surface area contributed by atoms with Gasteiger partial charge in [0.25, 0.3) is 0 Å². The van der Waals surface area contributed by atoms with Crippen molar-refractivity contribution >= 4 is 5.91 Å². The lowest BCUT2D eigenvalue weighted by molar-refractivity contribution is -0.124. The molecule has 1 saturated heterocycles. The first-order chi connectivity index (χ1) is 11.9. The molecule has 5 heteroatoms. The predicted octanol–water partition coefficient (Wildman–Crippen LogP) is 3.91. The number of nitrogens with zero attached hydrogens (tertiary/aromatic N) is 1. The van der Waals surface area contributed by atoms with Gasteiger partial charge in [0.2, 0.25) is 5.91 Å². The van der Waals surface area contributed by atoms with Crippen LogP contribution < -0.4 is 5.32 Å². The van der Waals surface area contributed by atoms with Gasteiger partial charge in [-0.25, -0.2) is 8.78 Å². The van der Waals surface area contributed by atoms with E-state index in [1.54, 1.807) is 12.1 Å². The largest absolute Gasteiger partial charge is 0.353 e. The maximum atomic E-state index is 15.0. The summed E-state index contributed by atoms with van der Waals surface area (Å²) >= 11 is 0. The van der Waals surface area contributed by atoms with Gasteiger partial charge in [0.1, 0.15) is 11.5 Å². The minimum atomic E-state index is -1.53. The van der Waals surface area contributed by atoms with Crippen LogP contribution in [0.25, 0.3) is 0 Å². The highest BCUT2D eigenvalue weighted by Gasteiger charge is 2.47. The SMILES string of the molecule is CC(C)CC(=O)NC1CC(F)(c2ccc(CN3CCCC3)c(F)c2)C1. The summed E-state index contributed by atoms with van der Waals surface area (Å²) in [5.74, 6) is -0.0737. The van der Waals surface area contributed by atoms with Crippen molar-refractivity contribution in [3.63, 3.8) is 0 Å². The van der Waals surface area contributed by atoms with E-state index in [2.05, 4.69) is 10.2 Å². The maximum absolute atomic E-state index is 15.0. The first-order valence-electron chi connectivity index (χ1n) is 9.35. The van der Waals surface area contributed by atoms with E-state index < -0.39 is 5.67 Å². The van der Waals surface area contributed by atoms with Crippen LogP contribution in [0.5, 0.6) is 0 Å². The molecule has 1 saturated carbocycles. The fraction of sp³-hybridized carbons (Fsp3) is 0.650. The van der Waals surface area contributed by atoms with Gasteiger partial charge in [0, 0.05) is 37.4 Å². The predicted molar refractivity (Wildman–Crippen MR) is 94.3 cm³/mol. The Morgan fingerprint density at radius 3 is 2.60 bits per heavy atom. The zero-order valence-electron chi connectivity index (χ0n) is 15.2. The lowest BCUT2D eigenvalue weighted by atomic mass is 9.72. The van der Waals surface area contributed by atoms with Crippen molar-refractivity contribution < 1.29 is 13.6 Å². The number of halogens is 2. The van der Waals surface area contributed by atoms with Gasteiger partial charge in [-0.1, -0.05) is 26.0 Å². The molecular formula is C20H28F2N2O.